The number of nitriles is 1. The first-order valence-electron chi connectivity index (χ1n) is 6.85. The van der Waals surface area contributed by atoms with Gasteiger partial charge in [-0.15, -0.1) is 0 Å². The van der Waals surface area contributed by atoms with Crippen molar-refractivity contribution in [1.29, 1.82) is 5.26 Å². The molecule has 0 aliphatic heterocycles. The summed E-state index contributed by atoms with van der Waals surface area (Å²) in [6.07, 6.45) is 0. The van der Waals surface area contributed by atoms with Crippen molar-refractivity contribution < 1.29 is 4.42 Å². The summed E-state index contributed by atoms with van der Waals surface area (Å²) >= 11 is 0. The Bertz CT molecular complexity index is 944. The Morgan fingerprint density at radius 2 is 1.82 bits per heavy atom. The van der Waals surface area contributed by atoms with Crippen molar-refractivity contribution in [2.24, 2.45) is 0 Å². The maximum Gasteiger partial charge on any atom is 0.356 e. The molecule has 0 aliphatic rings. The number of hydrogen-bond donors (Lipinski definition) is 0. The van der Waals surface area contributed by atoms with Crippen molar-refractivity contribution in [2.45, 2.75) is 0 Å². The fourth-order valence-corrected chi connectivity index (χ4v) is 2.51. The lowest BCUT2D eigenvalue weighted by Crippen LogP contribution is -2.16. The molecule has 0 unspecified atom stereocenters. The Balaban J connectivity index is 2.33. The Kier molecular flexibility index (Phi) is 3.40. The van der Waals surface area contributed by atoms with E-state index in [1.54, 1.807) is 25.1 Å². The molecule has 0 atom stereocenters. The smallest absolute Gasteiger partial charge is 0.356 e. The molecule has 3 aromatic rings. The lowest BCUT2D eigenvalue weighted by molar-refractivity contribution is 0.524. The molecule has 0 aliphatic carbocycles. The second kappa shape index (κ2) is 5.38. The van der Waals surface area contributed by atoms with Gasteiger partial charge in [-0.2, -0.15) is 5.26 Å². The highest BCUT2D eigenvalue weighted by molar-refractivity contribution is 5.95. The third-order valence-electron chi connectivity index (χ3n) is 3.58. The predicted octanol–water partition coefficient (Wildman–Crippen LogP) is 3.40. The largest absolute Gasteiger partial charge is 0.422 e. The topological polar surface area (TPSA) is 57.2 Å². The number of nitrogens with zero attached hydrogens (tertiary/aromatic N) is 2. The van der Waals surface area contributed by atoms with Gasteiger partial charge in [0.1, 0.15) is 11.8 Å². The van der Waals surface area contributed by atoms with Crippen LogP contribution in [-0.2, 0) is 0 Å². The molecule has 0 saturated carbocycles. The summed E-state index contributed by atoms with van der Waals surface area (Å²) in [5, 5.41) is 11.2. The zero-order valence-electron chi connectivity index (χ0n) is 12.3. The average Bonchev–Trinajstić information content (AvgIpc) is 2.53. The number of rotatable bonds is 2. The summed E-state index contributed by atoms with van der Waals surface area (Å²) in [4.78, 5) is 13.8. The number of fused-ring (bicyclic) bond motifs is 1. The van der Waals surface area contributed by atoms with Crippen molar-refractivity contribution in [3.05, 3.63) is 64.5 Å². The van der Waals surface area contributed by atoms with Gasteiger partial charge in [0.05, 0.1) is 5.69 Å². The molecule has 1 heterocycles. The van der Waals surface area contributed by atoms with E-state index in [-0.39, 0.29) is 5.56 Å². The van der Waals surface area contributed by atoms with Gasteiger partial charge in [0.2, 0.25) is 0 Å². The lowest BCUT2D eigenvalue weighted by atomic mass is 10.0. The standard InChI is InChI=1S/C18H14N2O2/c1-20(2)16-10-17(22-18(21)15(16)11-19)14-9-5-7-12-6-3-4-8-13(12)14/h3-10H,1-2H3. The maximum absolute atomic E-state index is 12.1. The lowest BCUT2D eigenvalue weighted by Gasteiger charge is -2.14. The van der Waals surface area contributed by atoms with Crippen molar-refractivity contribution in [2.75, 3.05) is 19.0 Å². The Labute approximate surface area is 127 Å². The normalized spacial score (nSPS) is 10.4. The van der Waals surface area contributed by atoms with Crippen LogP contribution in [0.4, 0.5) is 5.69 Å². The van der Waals surface area contributed by atoms with Crippen LogP contribution in [0.25, 0.3) is 22.1 Å². The van der Waals surface area contributed by atoms with Gasteiger partial charge in [-0.3, -0.25) is 0 Å². The summed E-state index contributed by atoms with van der Waals surface area (Å²) in [7, 11) is 3.59. The molecule has 1 aromatic heterocycles. The third-order valence-corrected chi connectivity index (χ3v) is 3.58. The molecule has 0 radical (unpaired) electrons. The Morgan fingerprint density at radius 3 is 2.55 bits per heavy atom. The molecule has 0 spiro atoms. The van der Waals surface area contributed by atoms with Gasteiger partial charge in [0, 0.05) is 25.7 Å². The quantitative estimate of drug-likeness (QED) is 0.726. The van der Waals surface area contributed by atoms with Gasteiger partial charge in [0.25, 0.3) is 0 Å². The highest BCUT2D eigenvalue weighted by Crippen LogP contribution is 2.30. The molecule has 0 fully saturated rings. The maximum atomic E-state index is 12.1. The molecule has 0 saturated heterocycles. The van der Waals surface area contributed by atoms with E-state index in [1.165, 1.54) is 0 Å². The zero-order valence-corrected chi connectivity index (χ0v) is 12.3. The average molecular weight is 290 g/mol. The first kappa shape index (κ1) is 13.9. The van der Waals surface area contributed by atoms with Crippen LogP contribution < -0.4 is 10.5 Å². The van der Waals surface area contributed by atoms with E-state index >= 15 is 0 Å². The third kappa shape index (κ3) is 2.23. The number of anilines is 1. The highest BCUT2D eigenvalue weighted by Gasteiger charge is 2.15. The van der Waals surface area contributed by atoms with Crippen LogP contribution in [0.2, 0.25) is 0 Å². The van der Waals surface area contributed by atoms with Crippen LogP contribution in [0.1, 0.15) is 5.56 Å². The Hall–Kier alpha value is -3.06. The molecule has 4 heteroatoms. The summed E-state index contributed by atoms with van der Waals surface area (Å²) < 4.78 is 5.38. The molecule has 2 aromatic carbocycles. The van der Waals surface area contributed by atoms with Crippen LogP contribution in [0.5, 0.6) is 0 Å². The van der Waals surface area contributed by atoms with Gasteiger partial charge < -0.3 is 9.32 Å². The minimum absolute atomic E-state index is 0.0222. The van der Waals surface area contributed by atoms with Gasteiger partial charge in [-0.1, -0.05) is 42.5 Å². The van der Waals surface area contributed by atoms with Gasteiger partial charge in [-0.25, -0.2) is 4.79 Å². The highest BCUT2D eigenvalue weighted by atomic mass is 16.4. The first-order chi connectivity index (χ1) is 10.6. The van der Waals surface area contributed by atoms with Crippen molar-refractivity contribution >= 4 is 16.5 Å². The summed E-state index contributed by atoms with van der Waals surface area (Å²) in [5.74, 6) is 0.462. The van der Waals surface area contributed by atoms with E-state index < -0.39 is 5.63 Å². The van der Waals surface area contributed by atoms with Crippen molar-refractivity contribution in [3.63, 3.8) is 0 Å². The van der Waals surface area contributed by atoms with Gasteiger partial charge in [-0.05, 0) is 10.8 Å². The minimum Gasteiger partial charge on any atom is -0.422 e. The van der Waals surface area contributed by atoms with E-state index in [4.69, 9.17) is 9.68 Å². The van der Waals surface area contributed by atoms with Crippen LogP contribution in [0.3, 0.4) is 0 Å². The molecule has 0 N–H and O–H groups in total. The van der Waals surface area contributed by atoms with Crippen molar-refractivity contribution in [3.8, 4) is 17.4 Å². The van der Waals surface area contributed by atoms with E-state index in [9.17, 15) is 4.79 Å². The molecule has 108 valence electrons. The summed E-state index contributed by atoms with van der Waals surface area (Å²) in [6, 6.07) is 17.4. The van der Waals surface area contributed by atoms with E-state index in [0.717, 1.165) is 16.3 Å². The van der Waals surface area contributed by atoms with Gasteiger partial charge >= 0.3 is 5.63 Å². The second-order valence-corrected chi connectivity index (χ2v) is 5.19. The number of benzene rings is 2. The molecular formula is C18H14N2O2. The minimum atomic E-state index is -0.614. The fourth-order valence-electron chi connectivity index (χ4n) is 2.51. The SMILES string of the molecule is CN(C)c1cc(-c2cccc3ccccc23)oc(=O)c1C#N. The Morgan fingerprint density at radius 1 is 1.09 bits per heavy atom. The molecule has 4 nitrogen and oxygen atoms in total. The van der Waals surface area contributed by atoms with Crippen LogP contribution in [-0.4, -0.2) is 14.1 Å². The van der Waals surface area contributed by atoms with Crippen LogP contribution in [0.15, 0.2) is 57.7 Å². The fraction of sp³-hybridized carbons (Fsp3) is 0.111. The molecule has 22 heavy (non-hydrogen) atoms. The van der Waals surface area contributed by atoms with E-state index in [2.05, 4.69) is 0 Å². The molecule has 0 bridgehead atoms. The first-order valence-corrected chi connectivity index (χ1v) is 6.85. The van der Waals surface area contributed by atoms with Gasteiger partial charge in [0.15, 0.2) is 5.56 Å². The molecular weight excluding hydrogens is 276 g/mol. The predicted molar refractivity (Wildman–Crippen MR) is 87.0 cm³/mol. The van der Waals surface area contributed by atoms with Crippen molar-refractivity contribution in [1.82, 2.24) is 0 Å². The second-order valence-electron chi connectivity index (χ2n) is 5.19. The number of hydrogen-bond acceptors (Lipinski definition) is 4. The van der Waals surface area contributed by atoms with E-state index in [1.807, 2.05) is 48.5 Å². The van der Waals surface area contributed by atoms with E-state index in [0.29, 0.717) is 11.4 Å². The molecule has 0 amide bonds. The van der Waals surface area contributed by atoms with Crippen LogP contribution in [0, 0.1) is 11.3 Å². The zero-order chi connectivity index (χ0) is 15.7. The summed E-state index contributed by atoms with van der Waals surface area (Å²) in [6.45, 7) is 0. The summed E-state index contributed by atoms with van der Waals surface area (Å²) in [5.41, 5.74) is 0.801. The van der Waals surface area contributed by atoms with Crippen LogP contribution >= 0.6 is 0 Å². The monoisotopic (exact) mass is 290 g/mol. The molecule has 3 rings (SSSR count).